The SMILES string of the molecule is CCNC(C)(CCCSc1cccc(C)c1)C(=O)O. The first-order valence-corrected chi connectivity index (χ1v) is 7.64. The van der Waals surface area contributed by atoms with Crippen LogP contribution in [-0.4, -0.2) is 28.9 Å². The number of rotatable bonds is 8. The number of aryl methyl sites for hydroxylation is 1. The summed E-state index contributed by atoms with van der Waals surface area (Å²) in [6.07, 6.45) is 1.53. The molecule has 1 unspecified atom stereocenters. The Morgan fingerprint density at radius 2 is 2.21 bits per heavy atom. The van der Waals surface area contributed by atoms with E-state index in [2.05, 4.69) is 36.5 Å². The first kappa shape index (κ1) is 16.1. The van der Waals surface area contributed by atoms with Crippen molar-refractivity contribution >= 4 is 17.7 Å². The van der Waals surface area contributed by atoms with Crippen LogP contribution in [0.3, 0.4) is 0 Å². The summed E-state index contributed by atoms with van der Waals surface area (Å²) < 4.78 is 0. The summed E-state index contributed by atoms with van der Waals surface area (Å²) in [5, 5.41) is 12.3. The average molecular weight is 281 g/mol. The maximum absolute atomic E-state index is 11.3. The number of aliphatic carboxylic acids is 1. The van der Waals surface area contributed by atoms with Gasteiger partial charge in [-0.25, -0.2) is 0 Å². The third-order valence-corrected chi connectivity index (χ3v) is 4.20. The minimum Gasteiger partial charge on any atom is -0.480 e. The van der Waals surface area contributed by atoms with Crippen molar-refractivity contribution in [2.24, 2.45) is 0 Å². The van der Waals surface area contributed by atoms with E-state index in [1.807, 2.05) is 6.92 Å². The quantitative estimate of drug-likeness (QED) is 0.567. The molecule has 1 aromatic carbocycles. The lowest BCUT2D eigenvalue weighted by Crippen LogP contribution is -2.49. The molecule has 1 atom stereocenters. The number of nitrogens with one attached hydrogen (secondary N) is 1. The van der Waals surface area contributed by atoms with E-state index < -0.39 is 11.5 Å². The zero-order valence-corrected chi connectivity index (χ0v) is 12.7. The second-order valence-electron chi connectivity index (χ2n) is 4.94. The number of benzene rings is 1. The summed E-state index contributed by atoms with van der Waals surface area (Å²) in [5.41, 5.74) is 0.454. The van der Waals surface area contributed by atoms with E-state index in [0.717, 1.165) is 12.2 Å². The second kappa shape index (κ2) is 7.56. The third-order valence-electron chi connectivity index (χ3n) is 3.12. The third kappa shape index (κ3) is 5.25. The molecule has 0 aromatic heterocycles. The van der Waals surface area contributed by atoms with Crippen molar-refractivity contribution in [1.82, 2.24) is 5.32 Å². The molecule has 3 nitrogen and oxygen atoms in total. The number of likely N-dealkylation sites (N-methyl/N-ethyl adjacent to an activating group) is 1. The summed E-state index contributed by atoms with van der Waals surface area (Å²) in [6, 6.07) is 8.39. The first-order valence-electron chi connectivity index (χ1n) is 6.66. The molecule has 0 radical (unpaired) electrons. The summed E-state index contributed by atoms with van der Waals surface area (Å²) in [4.78, 5) is 12.5. The van der Waals surface area contributed by atoms with Crippen molar-refractivity contribution in [2.75, 3.05) is 12.3 Å². The molecule has 0 aliphatic heterocycles. The van der Waals surface area contributed by atoms with E-state index in [4.69, 9.17) is 0 Å². The first-order chi connectivity index (χ1) is 8.98. The Hall–Kier alpha value is -1.00. The summed E-state index contributed by atoms with van der Waals surface area (Å²) in [5.74, 6) is 0.174. The fourth-order valence-electron chi connectivity index (χ4n) is 1.98. The zero-order chi connectivity index (χ0) is 14.3. The van der Waals surface area contributed by atoms with Crippen LogP contribution < -0.4 is 5.32 Å². The molecule has 4 heteroatoms. The van der Waals surface area contributed by atoms with E-state index >= 15 is 0 Å². The van der Waals surface area contributed by atoms with Gasteiger partial charge in [0.25, 0.3) is 0 Å². The molecule has 2 N–H and O–H groups in total. The molecule has 0 aliphatic rings. The van der Waals surface area contributed by atoms with Gasteiger partial charge in [-0.15, -0.1) is 11.8 Å². The smallest absolute Gasteiger partial charge is 0.323 e. The predicted molar refractivity (Wildman–Crippen MR) is 80.9 cm³/mol. The molecular formula is C15H23NO2S. The van der Waals surface area contributed by atoms with Gasteiger partial charge in [-0.1, -0.05) is 24.6 Å². The molecule has 19 heavy (non-hydrogen) atoms. The Morgan fingerprint density at radius 1 is 1.47 bits per heavy atom. The van der Waals surface area contributed by atoms with Crippen molar-refractivity contribution in [3.8, 4) is 0 Å². The molecule has 106 valence electrons. The lowest BCUT2D eigenvalue weighted by atomic mass is 9.96. The topological polar surface area (TPSA) is 49.3 Å². The van der Waals surface area contributed by atoms with Gasteiger partial charge in [0.2, 0.25) is 0 Å². The summed E-state index contributed by atoms with van der Waals surface area (Å²) in [7, 11) is 0. The Morgan fingerprint density at radius 3 is 2.79 bits per heavy atom. The highest BCUT2D eigenvalue weighted by Gasteiger charge is 2.30. The fourth-order valence-corrected chi connectivity index (χ4v) is 2.95. The molecule has 0 saturated carbocycles. The summed E-state index contributed by atoms with van der Waals surface area (Å²) >= 11 is 1.78. The van der Waals surface area contributed by atoms with Gasteiger partial charge < -0.3 is 10.4 Å². The van der Waals surface area contributed by atoms with Gasteiger partial charge in [0.05, 0.1) is 0 Å². The van der Waals surface area contributed by atoms with Gasteiger partial charge in [-0.05, 0) is 51.1 Å². The van der Waals surface area contributed by atoms with Crippen LogP contribution in [0.4, 0.5) is 0 Å². The maximum Gasteiger partial charge on any atom is 0.323 e. The molecule has 0 fully saturated rings. The molecule has 0 heterocycles. The van der Waals surface area contributed by atoms with Crippen molar-refractivity contribution in [2.45, 2.75) is 44.0 Å². The lowest BCUT2D eigenvalue weighted by Gasteiger charge is -2.25. The van der Waals surface area contributed by atoms with E-state index in [9.17, 15) is 9.90 Å². The second-order valence-corrected chi connectivity index (χ2v) is 6.10. The minimum absolute atomic E-state index is 0.648. The predicted octanol–water partition coefficient (Wildman–Crippen LogP) is 3.32. The van der Waals surface area contributed by atoms with Crippen molar-refractivity contribution in [1.29, 1.82) is 0 Å². The molecule has 0 aliphatic carbocycles. The Bertz CT molecular complexity index is 422. The van der Waals surface area contributed by atoms with Crippen LogP contribution >= 0.6 is 11.8 Å². The van der Waals surface area contributed by atoms with E-state index in [1.165, 1.54) is 10.5 Å². The maximum atomic E-state index is 11.3. The van der Waals surface area contributed by atoms with Gasteiger partial charge >= 0.3 is 5.97 Å². The Labute approximate surface area is 119 Å². The van der Waals surface area contributed by atoms with E-state index in [-0.39, 0.29) is 0 Å². The highest BCUT2D eigenvalue weighted by Crippen LogP contribution is 2.22. The standard InChI is InChI=1S/C15H23NO2S/c1-4-16-15(3,14(17)18)9-6-10-19-13-8-5-7-12(2)11-13/h5,7-8,11,16H,4,6,9-10H2,1-3H3,(H,17,18). The number of carboxylic acids is 1. The minimum atomic E-state index is -0.804. The largest absolute Gasteiger partial charge is 0.480 e. The molecule has 0 bridgehead atoms. The normalized spacial score (nSPS) is 14.1. The number of thioether (sulfide) groups is 1. The molecule has 0 amide bonds. The molecular weight excluding hydrogens is 258 g/mol. The zero-order valence-electron chi connectivity index (χ0n) is 11.9. The molecule has 0 saturated heterocycles. The Kier molecular flexibility index (Phi) is 6.38. The molecule has 1 aromatic rings. The van der Waals surface area contributed by atoms with Crippen LogP contribution in [0.2, 0.25) is 0 Å². The molecule has 1 rings (SSSR count). The number of carboxylic acid groups (broad SMARTS) is 1. The van der Waals surface area contributed by atoms with Crippen LogP contribution in [0.15, 0.2) is 29.2 Å². The number of carbonyl (C=O) groups is 1. The highest BCUT2D eigenvalue weighted by atomic mass is 32.2. The highest BCUT2D eigenvalue weighted by molar-refractivity contribution is 7.99. The van der Waals surface area contributed by atoms with Crippen molar-refractivity contribution in [3.63, 3.8) is 0 Å². The van der Waals surface area contributed by atoms with Crippen LogP contribution in [0.1, 0.15) is 32.3 Å². The van der Waals surface area contributed by atoms with Crippen molar-refractivity contribution in [3.05, 3.63) is 29.8 Å². The van der Waals surface area contributed by atoms with E-state index in [1.54, 1.807) is 18.7 Å². The van der Waals surface area contributed by atoms with Crippen LogP contribution in [0, 0.1) is 6.92 Å². The van der Waals surface area contributed by atoms with Crippen LogP contribution in [-0.2, 0) is 4.79 Å². The van der Waals surface area contributed by atoms with Gasteiger partial charge in [-0.3, -0.25) is 4.79 Å². The van der Waals surface area contributed by atoms with Gasteiger partial charge in [-0.2, -0.15) is 0 Å². The van der Waals surface area contributed by atoms with Gasteiger partial charge in [0.15, 0.2) is 0 Å². The van der Waals surface area contributed by atoms with Crippen molar-refractivity contribution < 1.29 is 9.90 Å². The monoisotopic (exact) mass is 281 g/mol. The van der Waals surface area contributed by atoms with Gasteiger partial charge in [0, 0.05) is 4.90 Å². The number of hydrogen-bond donors (Lipinski definition) is 2. The lowest BCUT2D eigenvalue weighted by molar-refractivity contribution is -0.144. The summed E-state index contributed by atoms with van der Waals surface area (Å²) in [6.45, 7) is 6.45. The van der Waals surface area contributed by atoms with Gasteiger partial charge in [0.1, 0.15) is 5.54 Å². The Balaban J connectivity index is 2.39. The van der Waals surface area contributed by atoms with Crippen LogP contribution in [0.25, 0.3) is 0 Å². The average Bonchev–Trinajstić information content (AvgIpc) is 2.35. The van der Waals surface area contributed by atoms with Crippen LogP contribution in [0.5, 0.6) is 0 Å². The molecule has 0 spiro atoms. The van der Waals surface area contributed by atoms with E-state index in [0.29, 0.717) is 13.0 Å². The fraction of sp³-hybridized carbons (Fsp3) is 0.533. The number of hydrogen-bond acceptors (Lipinski definition) is 3.